The van der Waals surface area contributed by atoms with E-state index in [1.165, 1.54) is 12.1 Å². The highest BCUT2D eigenvalue weighted by Crippen LogP contribution is 2.27. The highest BCUT2D eigenvalue weighted by Gasteiger charge is 2.13. The highest BCUT2D eigenvalue weighted by atomic mass is 127. The number of nitrogens with one attached hydrogen (secondary N) is 1. The van der Waals surface area contributed by atoms with E-state index in [-0.39, 0.29) is 29.5 Å². The van der Waals surface area contributed by atoms with Crippen molar-refractivity contribution in [3.8, 4) is 5.75 Å². The molecule has 0 spiro atoms. The van der Waals surface area contributed by atoms with Crippen LogP contribution in [0.25, 0.3) is 0 Å². The fraction of sp³-hybridized carbons (Fsp3) is 0.231. The van der Waals surface area contributed by atoms with E-state index in [1.807, 2.05) is 13.1 Å². The minimum Gasteiger partial charge on any atom is -0.506 e. The summed E-state index contributed by atoms with van der Waals surface area (Å²) in [5.74, 6) is -0.581. The Morgan fingerprint density at radius 3 is 2.86 bits per heavy atom. The summed E-state index contributed by atoms with van der Waals surface area (Å²) in [5.41, 5.74) is 0.702. The first-order valence-corrected chi connectivity index (χ1v) is 7.41. The summed E-state index contributed by atoms with van der Waals surface area (Å²) in [5, 5.41) is 27.0. The first kappa shape index (κ1) is 16.2. The van der Waals surface area contributed by atoms with Gasteiger partial charge in [-0.25, -0.2) is 0 Å². The van der Waals surface area contributed by atoms with Crippen LogP contribution >= 0.6 is 22.6 Å². The van der Waals surface area contributed by atoms with Crippen LogP contribution in [0.1, 0.15) is 12.1 Å². The molecule has 1 aromatic carbocycles. The van der Waals surface area contributed by atoms with Gasteiger partial charge in [0.15, 0.2) is 0 Å². The Morgan fingerprint density at radius 2 is 2.27 bits per heavy atom. The number of carbonyl (C=O) groups is 1. The van der Waals surface area contributed by atoms with Crippen LogP contribution in [0.3, 0.4) is 0 Å². The number of aromatic nitrogens is 2. The van der Waals surface area contributed by atoms with Gasteiger partial charge in [0, 0.05) is 31.3 Å². The van der Waals surface area contributed by atoms with E-state index in [4.69, 9.17) is 0 Å². The average Bonchev–Trinajstić information content (AvgIpc) is 2.78. The van der Waals surface area contributed by atoms with Gasteiger partial charge in [-0.1, -0.05) is 0 Å². The number of aryl methyl sites for hydroxylation is 2. The maximum Gasteiger partial charge on any atom is 0.271 e. The molecule has 0 aliphatic rings. The molecular weight excluding hydrogens is 403 g/mol. The summed E-state index contributed by atoms with van der Waals surface area (Å²) >= 11 is 2.15. The molecule has 2 aromatic rings. The molecule has 0 aliphatic carbocycles. The third-order valence-corrected chi connectivity index (χ3v) is 3.98. The van der Waals surface area contributed by atoms with Gasteiger partial charge in [0.1, 0.15) is 5.75 Å². The van der Waals surface area contributed by atoms with E-state index in [1.54, 1.807) is 4.68 Å². The fourth-order valence-corrected chi connectivity index (χ4v) is 2.20. The summed E-state index contributed by atoms with van der Waals surface area (Å²) in [6.07, 6.45) is 1.97. The molecule has 0 aliphatic heterocycles. The average molecular weight is 416 g/mol. The van der Waals surface area contributed by atoms with Gasteiger partial charge in [-0.05, 0) is 35.6 Å². The van der Waals surface area contributed by atoms with Crippen LogP contribution in [0.4, 0.5) is 11.4 Å². The van der Waals surface area contributed by atoms with Gasteiger partial charge in [-0.15, -0.1) is 0 Å². The SMILES string of the molecule is Cc1nn(CCC(=O)Nc2cc([N+](=O)[O-])ccc2O)cc1I. The van der Waals surface area contributed by atoms with Gasteiger partial charge in [-0.2, -0.15) is 5.10 Å². The highest BCUT2D eigenvalue weighted by molar-refractivity contribution is 14.1. The Balaban J connectivity index is 2.00. The number of carbonyl (C=O) groups excluding carboxylic acids is 1. The van der Waals surface area contributed by atoms with Gasteiger partial charge < -0.3 is 10.4 Å². The lowest BCUT2D eigenvalue weighted by atomic mass is 10.2. The number of phenolic OH excluding ortho intramolecular Hbond substituents is 1. The molecule has 0 fully saturated rings. The second-order valence-electron chi connectivity index (χ2n) is 4.58. The number of anilines is 1. The van der Waals surface area contributed by atoms with E-state index < -0.39 is 4.92 Å². The second-order valence-corrected chi connectivity index (χ2v) is 5.74. The molecule has 0 radical (unpaired) electrons. The van der Waals surface area contributed by atoms with Crippen LogP contribution in [0.2, 0.25) is 0 Å². The Bertz CT molecular complexity index is 709. The van der Waals surface area contributed by atoms with Crippen molar-refractivity contribution in [2.45, 2.75) is 19.9 Å². The van der Waals surface area contributed by atoms with Crippen LogP contribution in [0.15, 0.2) is 24.4 Å². The number of phenols is 1. The number of halogens is 1. The topological polar surface area (TPSA) is 110 Å². The molecule has 0 unspecified atom stereocenters. The van der Waals surface area contributed by atoms with Gasteiger partial charge in [0.25, 0.3) is 5.69 Å². The van der Waals surface area contributed by atoms with Crippen molar-refractivity contribution in [1.82, 2.24) is 9.78 Å². The second kappa shape index (κ2) is 6.73. The number of aromatic hydroxyl groups is 1. The normalized spacial score (nSPS) is 10.5. The van der Waals surface area contributed by atoms with Crippen molar-refractivity contribution in [2.24, 2.45) is 0 Å². The molecule has 22 heavy (non-hydrogen) atoms. The molecule has 0 bridgehead atoms. The van der Waals surface area contributed by atoms with Gasteiger partial charge in [0.2, 0.25) is 5.91 Å². The number of non-ortho nitro benzene ring substituents is 1. The lowest BCUT2D eigenvalue weighted by Crippen LogP contribution is -2.15. The lowest BCUT2D eigenvalue weighted by molar-refractivity contribution is -0.384. The van der Waals surface area contributed by atoms with Crippen molar-refractivity contribution < 1.29 is 14.8 Å². The Kier molecular flexibility index (Phi) is 4.96. The third-order valence-electron chi connectivity index (χ3n) is 2.92. The monoisotopic (exact) mass is 416 g/mol. The lowest BCUT2D eigenvalue weighted by Gasteiger charge is -2.07. The number of nitro groups is 1. The van der Waals surface area contributed by atoms with Gasteiger partial charge in [-0.3, -0.25) is 19.6 Å². The molecule has 0 saturated carbocycles. The Labute approximate surface area is 139 Å². The van der Waals surface area contributed by atoms with Crippen LogP contribution < -0.4 is 5.32 Å². The number of hydrogen-bond acceptors (Lipinski definition) is 5. The number of benzene rings is 1. The molecule has 1 amide bonds. The van der Waals surface area contributed by atoms with Crippen molar-refractivity contribution in [3.63, 3.8) is 0 Å². The first-order chi connectivity index (χ1) is 10.4. The molecule has 0 saturated heterocycles. The molecule has 8 nitrogen and oxygen atoms in total. The van der Waals surface area contributed by atoms with E-state index in [9.17, 15) is 20.0 Å². The molecular formula is C13H13IN4O4. The van der Waals surface area contributed by atoms with Crippen LogP contribution in [0.5, 0.6) is 5.75 Å². The standard InChI is InChI=1S/C13H13IN4O4/c1-8-10(14)7-17(16-8)5-4-13(20)15-11-6-9(18(21)22)2-3-12(11)19/h2-3,6-7,19H,4-5H2,1H3,(H,15,20). The van der Waals surface area contributed by atoms with Crippen LogP contribution in [-0.2, 0) is 11.3 Å². The zero-order valence-electron chi connectivity index (χ0n) is 11.6. The summed E-state index contributed by atoms with van der Waals surface area (Å²) in [7, 11) is 0. The number of hydrogen-bond donors (Lipinski definition) is 2. The number of amides is 1. The fourth-order valence-electron chi connectivity index (χ4n) is 1.77. The Morgan fingerprint density at radius 1 is 1.55 bits per heavy atom. The zero-order chi connectivity index (χ0) is 16.3. The number of nitrogens with zero attached hydrogens (tertiary/aromatic N) is 3. The van der Waals surface area contributed by atoms with E-state index in [2.05, 4.69) is 33.0 Å². The first-order valence-electron chi connectivity index (χ1n) is 6.33. The smallest absolute Gasteiger partial charge is 0.271 e. The van der Waals surface area contributed by atoms with Gasteiger partial charge in [0.05, 0.1) is 19.9 Å². The predicted octanol–water partition coefficient (Wildman–Crippen LogP) is 2.44. The van der Waals surface area contributed by atoms with Crippen molar-refractivity contribution in [1.29, 1.82) is 0 Å². The number of rotatable bonds is 5. The quantitative estimate of drug-likeness (QED) is 0.337. The minimum atomic E-state index is -0.594. The van der Waals surface area contributed by atoms with Crippen LogP contribution in [0, 0.1) is 20.6 Å². The minimum absolute atomic E-state index is 0.0189. The summed E-state index contributed by atoms with van der Waals surface area (Å²) in [6.45, 7) is 2.25. The molecule has 0 atom stereocenters. The molecule has 9 heteroatoms. The van der Waals surface area contributed by atoms with Crippen molar-refractivity contribution in [3.05, 3.63) is 43.8 Å². The van der Waals surface area contributed by atoms with Crippen molar-refractivity contribution in [2.75, 3.05) is 5.32 Å². The van der Waals surface area contributed by atoms with Crippen LogP contribution in [-0.4, -0.2) is 25.7 Å². The third kappa shape index (κ3) is 3.93. The molecule has 2 N–H and O–H groups in total. The van der Waals surface area contributed by atoms with E-state index in [0.717, 1.165) is 15.3 Å². The maximum absolute atomic E-state index is 11.9. The zero-order valence-corrected chi connectivity index (χ0v) is 13.8. The molecule has 1 heterocycles. The number of nitro benzene ring substituents is 1. The predicted molar refractivity (Wildman–Crippen MR) is 87.7 cm³/mol. The largest absolute Gasteiger partial charge is 0.506 e. The maximum atomic E-state index is 11.9. The molecule has 1 aromatic heterocycles. The van der Waals surface area contributed by atoms with Crippen molar-refractivity contribution >= 4 is 39.9 Å². The van der Waals surface area contributed by atoms with E-state index in [0.29, 0.717) is 6.54 Å². The molecule has 116 valence electrons. The summed E-state index contributed by atoms with van der Waals surface area (Å²) in [6, 6.07) is 3.46. The van der Waals surface area contributed by atoms with E-state index >= 15 is 0 Å². The molecule has 2 rings (SSSR count). The van der Waals surface area contributed by atoms with Gasteiger partial charge >= 0.3 is 0 Å². The summed E-state index contributed by atoms with van der Waals surface area (Å²) < 4.78 is 2.67. The summed E-state index contributed by atoms with van der Waals surface area (Å²) in [4.78, 5) is 22.0. The Hall–Kier alpha value is -2.17.